The molecule has 3 aromatic carbocycles. The van der Waals surface area contributed by atoms with Gasteiger partial charge in [0.15, 0.2) is 0 Å². The number of amides is 1. The lowest BCUT2D eigenvalue weighted by molar-refractivity contribution is -0.118. The molecule has 6 nitrogen and oxygen atoms in total. The topological polar surface area (TPSA) is 88.4 Å². The molecule has 0 spiro atoms. The van der Waals surface area contributed by atoms with Crippen LogP contribution in [0.1, 0.15) is 25.8 Å². The van der Waals surface area contributed by atoms with E-state index < -0.39 is 22.0 Å². The van der Waals surface area contributed by atoms with Crippen LogP contribution in [0.2, 0.25) is 0 Å². The number of sulfonamides is 1. The normalized spacial score (nSPS) is 13.0. The van der Waals surface area contributed by atoms with Crippen LogP contribution in [-0.2, 0) is 14.8 Å². The fourth-order valence-electron chi connectivity index (χ4n) is 3.69. The minimum Gasteiger partial charge on any atom is -0.456 e. The number of fused-ring (bicyclic) bond motifs is 3. The van der Waals surface area contributed by atoms with Crippen LogP contribution in [0, 0.1) is 12.8 Å². The second-order valence-corrected chi connectivity index (χ2v) is 10.1. The van der Waals surface area contributed by atoms with E-state index in [1.807, 2.05) is 51.1 Å². The zero-order chi connectivity index (χ0) is 22.9. The summed E-state index contributed by atoms with van der Waals surface area (Å²) in [5, 5.41) is 4.80. The van der Waals surface area contributed by atoms with Gasteiger partial charge < -0.3 is 9.73 Å². The average Bonchev–Trinajstić information content (AvgIpc) is 3.11. The standard InChI is InChI=1S/C25H26N2O4S/c1-16(2)14-22(27-32(29,30)19-11-8-17(3)9-12-19)25(28)26-18-10-13-21-20-6-4-5-7-23(20)31-24(21)15-18/h4-13,15-16,22,27H,14H2,1-3H3,(H,26,28)/t22-/m0/s1. The summed E-state index contributed by atoms with van der Waals surface area (Å²) in [6.45, 7) is 5.78. The van der Waals surface area contributed by atoms with Crippen LogP contribution in [0.4, 0.5) is 5.69 Å². The number of anilines is 1. The Bertz CT molecular complexity index is 1370. The Kier molecular flexibility index (Phi) is 6.04. The third kappa shape index (κ3) is 4.69. The molecule has 0 unspecified atom stereocenters. The van der Waals surface area contributed by atoms with Gasteiger partial charge in [-0.1, -0.05) is 49.7 Å². The molecule has 1 amide bonds. The first-order valence-corrected chi connectivity index (χ1v) is 12.0. The van der Waals surface area contributed by atoms with Gasteiger partial charge in [0, 0.05) is 22.5 Å². The number of nitrogens with one attached hydrogen (secondary N) is 2. The Morgan fingerprint density at radius 3 is 2.34 bits per heavy atom. The van der Waals surface area contributed by atoms with Crippen LogP contribution in [-0.4, -0.2) is 20.4 Å². The Balaban J connectivity index is 1.57. The molecule has 0 aliphatic carbocycles. The number of benzene rings is 3. The minimum absolute atomic E-state index is 0.115. The van der Waals surface area contributed by atoms with Crippen LogP contribution >= 0.6 is 0 Å². The van der Waals surface area contributed by atoms with E-state index in [-0.39, 0.29) is 10.8 Å². The monoisotopic (exact) mass is 450 g/mol. The number of rotatable bonds is 7. The molecule has 32 heavy (non-hydrogen) atoms. The number of carbonyl (C=O) groups excluding carboxylic acids is 1. The summed E-state index contributed by atoms with van der Waals surface area (Å²) in [5.74, 6) is -0.297. The predicted octanol–water partition coefficient (Wildman–Crippen LogP) is 5.23. The quantitative estimate of drug-likeness (QED) is 0.404. The van der Waals surface area contributed by atoms with Crippen molar-refractivity contribution in [1.82, 2.24) is 4.72 Å². The molecule has 0 fully saturated rings. The van der Waals surface area contributed by atoms with Crippen LogP contribution in [0.25, 0.3) is 21.9 Å². The average molecular weight is 451 g/mol. The molecule has 0 saturated heterocycles. The number of hydrogen-bond acceptors (Lipinski definition) is 4. The van der Waals surface area contributed by atoms with Crippen LogP contribution < -0.4 is 10.0 Å². The van der Waals surface area contributed by atoms with Gasteiger partial charge in [0.2, 0.25) is 15.9 Å². The second kappa shape index (κ2) is 8.76. The molecule has 4 aromatic rings. The Morgan fingerprint density at radius 1 is 0.938 bits per heavy atom. The van der Waals surface area contributed by atoms with Crippen molar-refractivity contribution in [2.75, 3.05) is 5.32 Å². The fraction of sp³-hybridized carbons (Fsp3) is 0.240. The summed E-state index contributed by atoms with van der Waals surface area (Å²) in [6, 6.07) is 18.8. The zero-order valence-corrected chi connectivity index (χ0v) is 19.1. The van der Waals surface area contributed by atoms with Gasteiger partial charge in [-0.2, -0.15) is 4.72 Å². The summed E-state index contributed by atoms with van der Waals surface area (Å²) in [4.78, 5) is 13.2. The van der Waals surface area contributed by atoms with E-state index in [4.69, 9.17) is 4.42 Å². The van der Waals surface area contributed by atoms with Crippen molar-refractivity contribution in [3.63, 3.8) is 0 Å². The number of aryl methyl sites for hydroxylation is 1. The first-order chi connectivity index (χ1) is 15.2. The maximum atomic E-state index is 13.1. The van der Waals surface area contributed by atoms with Crippen LogP contribution in [0.3, 0.4) is 0 Å². The number of hydrogen-bond donors (Lipinski definition) is 2. The fourth-order valence-corrected chi connectivity index (χ4v) is 4.89. The number of carbonyl (C=O) groups is 1. The van der Waals surface area contributed by atoms with Crippen molar-refractivity contribution in [3.8, 4) is 0 Å². The summed E-state index contributed by atoms with van der Waals surface area (Å²) in [6.07, 6.45) is 0.365. The molecule has 1 atom stereocenters. The van der Waals surface area contributed by atoms with Crippen molar-refractivity contribution < 1.29 is 17.6 Å². The SMILES string of the molecule is Cc1ccc(S(=O)(=O)N[C@@H](CC(C)C)C(=O)Nc2ccc3c(c2)oc2ccccc23)cc1. The first-order valence-electron chi connectivity index (χ1n) is 10.5. The lowest BCUT2D eigenvalue weighted by Crippen LogP contribution is -2.44. The van der Waals surface area contributed by atoms with E-state index in [1.54, 1.807) is 24.3 Å². The largest absolute Gasteiger partial charge is 0.456 e. The summed E-state index contributed by atoms with van der Waals surface area (Å²) in [5.41, 5.74) is 2.94. The smallest absolute Gasteiger partial charge is 0.242 e. The molecule has 1 aromatic heterocycles. The van der Waals surface area contributed by atoms with Gasteiger partial charge in [0.05, 0.1) is 4.90 Å². The maximum Gasteiger partial charge on any atom is 0.242 e. The number of furan rings is 1. The predicted molar refractivity (Wildman–Crippen MR) is 127 cm³/mol. The summed E-state index contributed by atoms with van der Waals surface area (Å²) in [7, 11) is -3.84. The minimum atomic E-state index is -3.84. The molecule has 166 valence electrons. The van der Waals surface area contributed by atoms with Gasteiger partial charge in [-0.25, -0.2) is 8.42 Å². The Labute approximate surface area is 187 Å². The highest BCUT2D eigenvalue weighted by molar-refractivity contribution is 7.89. The van der Waals surface area contributed by atoms with E-state index in [9.17, 15) is 13.2 Å². The van der Waals surface area contributed by atoms with Gasteiger partial charge >= 0.3 is 0 Å². The van der Waals surface area contributed by atoms with Crippen molar-refractivity contribution in [2.24, 2.45) is 5.92 Å². The summed E-state index contributed by atoms with van der Waals surface area (Å²) < 4.78 is 34.2. The zero-order valence-electron chi connectivity index (χ0n) is 18.3. The molecular formula is C25H26N2O4S. The van der Waals surface area contributed by atoms with Crippen molar-refractivity contribution in [2.45, 2.75) is 38.1 Å². The number of para-hydroxylation sites is 1. The second-order valence-electron chi connectivity index (χ2n) is 8.41. The third-order valence-corrected chi connectivity index (χ3v) is 6.79. The van der Waals surface area contributed by atoms with Crippen molar-refractivity contribution >= 4 is 43.6 Å². The van der Waals surface area contributed by atoms with Gasteiger partial charge in [0.25, 0.3) is 0 Å². The molecule has 0 aliphatic rings. The van der Waals surface area contributed by atoms with E-state index >= 15 is 0 Å². The molecule has 4 rings (SSSR count). The molecule has 0 bridgehead atoms. The molecular weight excluding hydrogens is 424 g/mol. The van der Waals surface area contributed by atoms with Crippen LogP contribution in [0.15, 0.2) is 76.0 Å². The highest BCUT2D eigenvalue weighted by Gasteiger charge is 2.27. The Hall–Kier alpha value is -3.16. The highest BCUT2D eigenvalue weighted by atomic mass is 32.2. The summed E-state index contributed by atoms with van der Waals surface area (Å²) >= 11 is 0. The van der Waals surface area contributed by atoms with E-state index in [0.29, 0.717) is 17.7 Å². The van der Waals surface area contributed by atoms with Gasteiger partial charge in [-0.3, -0.25) is 4.79 Å². The molecule has 0 saturated carbocycles. The molecule has 7 heteroatoms. The molecule has 2 N–H and O–H groups in total. The molecule has 0 aliphatic heterocycles. The van der Waals surface area contributed by atoms with E-state index in [1.165, 1.54) is 12.1 Å². The Morgan fingerprint density at radius 2 is 1.62 bits per heavy atom. The van der Waals surface area contributed by atoms with Crippen LogP contribution in [0.5, 0.6) is 0 Å². The first kappa shape index (κ1) is 22.0. The van der Waals surface area contributed by atoms with Gasteiger partial charge in [0.1, 0.15) is 17.2 Å². The van der Waals surface area contributed by atoms with Crippen molar-refractivity contribution in [1.29, 1.82) is 0 Å². The van der Waals surface area contributed by atoms with Crippen molar-refractivity contribution in [3.05, 3.63) is 72.3 Å². The lowest BCUT2D eigenvalue weighted by Gasteiger charge is -2.20. The highest BCUT2D eigenvalue weighted by Crippen LogP contribution is 2.30. The van der Waals surface area contributed by atoms with E-state index in [2.05, 4.69) is 10.0 Å². The van der Waals surface area contributed by atoms with Gasteiger partial charge in [-0.05, 0) is 49.6 Å². The lowest BCUT2D eigenvalue weighted by atomic mass is 10.0. The maximum absolute atomic E-state index is 13.1. The molecule has 0 radical (unpaired) electrons. The van der Waals surface area contributed by atoms with Gasteiger partial charge in [-0.15, -0.1) is 0 Å². The third-order valence-electron chi connectivity index (χ3n) is 5.30. The van der Waals surface area contributed by atoms with E-state index in [0.717, 1.165) is 21.9 Å². The molecule has 1 heterocycles.